The number of hydrogen-bond donors (Lipinski definition) is 0. The van der Waals surface area contributed by atoms with Crippen molar-refractivity contribution in [2.24, 2.45) is 0 Å². The molecule has 1 aliphatic heterocycles. The first kappa shape index (κ1) is 18.0. The predicted octanol–water partition coefficient (Wildman–Crippen LogP) is 2.84. The van der Waals surface area contributed by atoms with Crippen molar-refractivity contribution in [3.05, 3.63) is 71.9 Å². The Hall–Kier alpha value is -3.41. The van der Waals surface area contributed by atoms with Gasteiger partial charge in [0.1, 0.15) is 11.4 Å². The van der Waals surface area contributed by atoms with Crippen LogP contribution < -0.4 is 4.74 Å². The van der Waals surface area contributed by atoms with E-state index >= 15 is 0 Å². The van der Waals surface area contributed by atoms with Crippen molar-refractivity contribution >= 4 is 22.7 Å². The molecule has 1 fully saturated rings. The molecule has 0 unspecified atom stereocenters. The van der Waals surface area contributed by atoms with Crippen LogP contribution in [0.2, 0.25) is 0 Å². The lowest BCUT2D eigenvalue weighted by molar-refractivity contribution is 0.0532. The van der Waals surface area contributed by atoms with Gasteiger partial charge in [-0.2, -0.15) is 0 Å². The smallest absolute Gasteiger partial charge is 0.272 e. The van der Waals surface area contributed by atoms with Crippen LogP contribution in [0.3, 0.4) is 0 Å². The number of carbonyl (C=O) groups excluding carboxylic acids is 2. The summed E-state index contributed by atoms with van der Waals surface area (Å²) in [6, 6.07) is 18.5. The van der Waals surface area contributed by atoms with Crippen molar-refractivity contribution in [2.75, 3.05) is 33.3 Å². The average Bonchev–Trinajstić information content (AvgIpc) is 2.78. The molecule has 1 aliphatic rings. The zero-order valence-electron chi connectivity index (χ0n) is 15.7. The molecule has 0 aliphatic carbocycles. The largest absolute Gasteiger partial charge is 0.497 e. The number of benzene rings is 2. The number of para-hydroxylation sites is 1. The van der Waals surface area contributed by atoms with E-state index in [1.165, 1.54) is 0 Å². The van der Waals surface area contributed by atoms with Gasteiger partial charge < -0.3 is 14.5 Å². The van der Waals surface area contributed by atoms with E-state index in [2.05, 4.69) is 4.98 Å². The summed E-state index contributed by atoms with van der Waals surface area (Å²) in [5.41, 5.74) is 1.87. The molecule has 0 bridgehead atoms. The lowest BCUT2D eigenvalue weighted by atomic mass is 10.1. The van der Waals surface area contributed by atoms with Crippen LogP contribution in [0.15, 0.2) is 60.7 Å². The van der Waals surface area contributed by atoms with Gasteiger partial charge in [0.05, 0.1) is 12.6 Å². The van der Waals surface area contributed by atoms with Gasteiger partial charge in [0.25, 0.3) is 11.8 Å². The van der Waals surface area contributed by atoms with Gasteiger partial charge in [-0.15, -0.1) is 0 Å². The van der Waals surface area contributed by atoms with E-state index in [1.807, 2.05) is 30.3 Å². The molecule has 6 heteroatoms. The Kier molecular flexibility index (Phi) is 4.93. The highest BCUT2D eigenvalue weighted by molar-refractivity contribution is 5.96. The van der Waals surface area contributed by atoms with Crippen LogP contribution in [0.25, 0.3) is 10.9 Å². The summed E-state index contributed by atoms with van der Waals surface area (Å²) in [7, 11) is 1.59. The number of carbonyl (C=O) groups is 2. The third-order valence-electron chi connectivity index (χ3n) is 5.01. The Bertz CT molecular complexity index is 1010. The number of ether oxygens (including phenoxy) is 1. The van der Waals surface area contributed by atoms with Gasteiger partial charge in [-0.1, -0.05) is 24.3 Å². The van der Waals surface area contributed by atoms with Gasteiger partial charge >= 0.3 is 0 Å². The maximum Gasteiger partial charge on any atom is 0.272 e. The van der Waals surface area contributed by atoms with E-state index in [4.69, 9.17) is 4.74 Å². The molecule has 6 nitrogen and oxygen atoms in total. The molecule has 2 heterocycles. The first-order valence-corrected chi connectivity index (χ1v) is 9.24. The van der Waals surface area contributed by atoms with Gasteiger partial charge in [0.2, 0.25) is 0 Å². The van der Waals surface area contributed by atoms with E-state index in [9.17, 15) is 9.59 Å². The molecule has 0 N–H and O–H groups in total. The summed E-state index contributed by atoms with van der Waals surface area (Å²) in [5.74, 6) is 0.593. The third kappa shape index (κ3) is 3.53. The molecule has 2 amide bonds. The van der Waals surface area contributed by atoms with E-state index in [1.54, 1.807) is 47.2 Å². The van der Waals surface area contributed by atoms with E-state index < -0.39 is 0 Å². The molecular formula is C22H21N3O3. The van der Waals surface area contributed by atoms with Crippen LogP contribution >= 0.6 is 0 Å². The third-order valence-corrected chi connectivity index (χ3v) is 5.01. The second kappa shape index (κ2) is 7.68. The van der Waals surface area contributed by atoms with Crippen molar-refractivity contribution in [1.29, 1.82) is 0 Å². The maximum absolute atomic E-state index is 12.8. The second-order valence-corrected chi connectivity index (χ2v) is 6.70. The van der Waals surface area contributed by atoms with Crippen LogP contribution in [0.4, 0.5) is 0 Å². The molecule has 2 aromatic carbocycles. The predicted molar refractivity (Wildman–Crippen MR) is 107 cm³/mol. The van der Waals surface area contributed by atoms with Crippen LogP contribution in [0, 0.1) is 0 Å². The topological polar surface area (TPSA) is 62.7 Å². The monoisotopic (exact) mass is 375 g/mol. The van der Waals surface area contributed by atoms with Gasteiger partial charge in [-0.05, 0) is 36.4 Å². The summed E-state index contributed by atoms with van der Waals surface area (Å²) >= 11 is 0. The SMILES string of the molecule is COc1ccc(C(=O)N2CCN(C(=O)c3ccc4ccccc4n3)CC2)cc1. The normalized spacial score (nSPS) is 14.2. The molecule has 0 spiro atoms. The van der Waals surface area contributed by atoms with Crippen LogP contribution in [0.5, 0.6) is 5.75 Å². The van der Waals surface area contributed by atoms with Gasteiger partial charge in [-0.25, -0.2) is 4.98 Å². The molecule has 142 valence electrons. The molecule has 28 heavy (non-hydrogen) atoms. The summed E-state index contributed by atoms with van der Waals surface area (Å²) in [6.45, 7) is 2.00. The van der Waals surface area contributed by atoms with Crippen LogP contribution in [0.1, 0.15) is 20.8 Å². The zero-order valence-corrected chi connectivity index (χ0v) is 15.7. The number of amides is 2. The number of piperazine rings is 1. The standard InChI is InChI=1S/C22H21N3O3/c1-28-18-9-6-17(7-10-18)21(26)24-12-14-25(15-13-24)22(27)20-11-8-16-4-2-3-5-19(16)23-20/h2-11H,12-15H2,1H3. The molecule has 1 saturated heterocycles. The number of hydrogen-bond acceptors (Lipinski definition) is 4. The van der Waals surface area contributed by atoms with Crippen molar-refractivity contribution in [2.45, 2.75) is 0 Å². The minimum Gasteiger partial charge on any atom is -0.497 e. The lowest BCUT2D eigenvalue weighted by Gasteiger charge is -2.34. The Balaban J connectivity index is 1.41. The number of methoxy groups -OCH3 is 1. The van der Waals surface area contributed by atoms with E-state index in [0.29, 0.717) is 37.4 Å². The fourth-order valence-electron chi connectivity index (χ4n) is 3.38. The van der Waals surface area contributed by atoms with E-state index in [0.717, 1.165) is 16.7 Å². The minimum atomic E-state index is -0.0951. The number of pyridine rings is 1. The van der Waals surface area contributed by atoms with Crippen molar-refractivity contribution in [1.82, 2.24) is 14.8 Å². The maximum atomic E-state index is 12.8. The molecule has 0 saturated carbocycles. The van der Waals surface area contributed by atoms with Crippen LogP contribution in [-0.4, -0.2) is 59.9 Å². The number of fused-ring (bicyclic) bond motifs is 1. The molecular weight excluding hydrogens is 354 g/mol. The summed E-state index contributed by atoms with van der Waals surface area (Å²) in [5, 5.41) is 1.01. The molecule has 0 atom stereocenters. The highest BCUT2D eigenvalue weighted by Crippen LogP contribution is 2.16. The molecule has 4 rings (SSSR count). The first-order valence-electron chi connectivity index (χ1n) is 9.24. The fourth-order valence-corrected chi connectivity index (χ4v) is 3.38. The quantitative estimate of drug-likeness (QED) is 0.706. The lowest BCUT2D eigenvalue weighted by Crippen LogP contribution is -2.50. The minimum absolute atomic E-state index is 0.0291. The first-order chi connectivity index (χ1) is 13.7. The Morgan fingerprint density at radius 1 is 0.821 bits per heavy atom. The van der Waals surface area contributed by atoms with Crippen molar-refractivity contribution in [3.8, 4) is 5.75 Å². The van der Waals surface area contributed by atoms with Crippen molar-refractivity contribution in [3.63, 3.8) is 0 Å². The van der Waals surface area contributed by atoms with Crippen LogP contribution in [-0.2, 0) is 0 Å². The van der Waals surface area contributed by atoms with Gasteiger partial charge in [0.15, 0.2) is 0 Å². The van der Waals surface area contributed by atoms with Crippen molar-refractivity contribution < 1.29 is 14.3 Å². The summed E-state index contributed by atoms with van der Waals surface area (Å²) in [6.07, 6.45) is 0. The fraction of sp³-hybridized carbons (Fsp3) is 0.227. The zero-order chi connectivity index (χ0) is 19.5. The Morgan fingerprint density at radius 3 is 2.14 bits per heavy atom. The molecule has 3 aromatic rings. The number of nitrogens with zero attached hydrogens (tertiary/aromatic N) is 3. The molecule has 0 radical (unpaired) electrons. The number of rotatable bonds is 3. The Labute approximate surface area is 163 Å². The van der Waals surface area contributed by atoms with Gasteiger partial charge in [-0.3, -0.25) is 9.59 Å². The average molecular weight is 375 g/mol. The second-order valence-electron chi connectivity index (χ2n) is 6.70. The van der Waals surface area contributed by atoms with Gasteiger partial charge in [0, 0.05) is 37.1 Å². The Morgan fingerprint density at radius 2 is 1.46 bits per heavy atom. The number of aromatic nitrogens is 1. The highest BCUT2D eigenvalue weighted by Gasteiger charge is 2.26. The highest BCUT2D eigenvalue weighted by atomic mass is 16.5. The molecule has 1 aromatic heterocycles. The summed E-state index contributed by atoms with van der Waals surface area (Å²) in [4.78, 5) is 33.5. The van der Waals surface area contributed by atoms with E-state index in [-0.39, 0.29) is 11.8 Å². The summed E-state index contributed by atoms with van der Waals surface area (Å²) < 4.78 is 5.13.